The fourth-order valence-electron chi connectivity index (χ4n) is 1.26. The number of rotatable bonds is 2. The fourth-order valence-corrected chi connectivity index (χ4v) is 3.25. The van der Waals surface area contributed by atoms with Gasteiger partial charge >= 0.3 is 0 Å². The Hall–Kier alpha value is -0.230. The Bertz CT molecular complexity index is 578. The molecule has 2 rings (SSSR count). The molecule has 1 nitrogen and oxygen atoms in total. The molecule has 0 saturated carbocycles. The molecule has 0 radical (unpaired) electrons. The van der Waals surface area contributed by atoms with Gasteiger partial charge in [-0.25, -0.2) is 4.39 Å². The molecule has 0 unspecified atom stereocenters. The van der Waals surface area contributed by atoms with Crippen molar-refractivity contribution >= 4 is 60.6 Å². The summed E-state index contributed by atoms with van der Waals surface area (Å²) < 4.78 is 15.3. The number of carbonyl (C=O) groups is 1. The molecule has 0 fully saturated rings. The van der Waals surface area contributed by atoms with Crippen LogP contribution in [0.1, 0.15) is 15.2 Å². The van der Waals surface area contributed by atoms with Crippen molar-refractivity contribution in [3.63, 3.8) is 0 Å². The average Bonchev–Trinajstić information content (AvgIpc) is 2.58. The van der Waals surface area contributed by atoms with Crippen LogP contribution in [0, 0.1) is 5.82 Å². The summed E-state index contributed by atoms with van der Waals surface area (Å²) in [6.07, 6.45) is 0. The van der Waals surface area contributed by atoms with E-state index in [1.165, 1.54) is 12.1 Å². The highest BCUT2D eigenvalue weighted by molar-refractivity contribution is 9.10. The van der Waals surface area contributed by atoms with E-state index in [0.29, 0.717) is 18.2 Å². The highest BCUT2D eigenvalue weighted by atomic mass is 79.9. The van der Waals surface area contributed by atoms with Gasteiger partial charge in [0, 0.05) is 8.95 Å². The van der Waals surface area contributed by atoms with E-state index in [0.717, 1.165) is 11.3 Å². The fraction of sp³-hybridized carbons (Fsp3) is 0. The summed E-state index contributed by atoms with van der Waals surface area (Å²) in [4.78, 5) is 12.4. The Morgan fingerprint density at radius 3 is 2.53 bits per heavy atom. The van der Waals surface area contributed by atoms with Crippen LogP contribution >= 0.6 is 54.8 Å². The molecule has 17 heavy (non-hydrogen) atoms. The Balaban J connectivity index is 2.43. The molecule has 1 aromatic carbocycles. The lowest BCUT2D eigenvalue weighted by Gasteiger charge is -2.00. The van der Waals surface area contributed by atoms with Crippen molar-refractivity contribution in [2.24, 2.45) is 0 Å². The number of hydrogen-bond acceptors (Lipinski definition) is 2. The number of thiophene rings is 1. The molecule has 6 heteroatoms. The van der Waals surface area contributed by atoms with E-state index < -0.39 is 5.82 Å². The van der Waals surface area contributed by atoms with Gasteiger partial charge in [-0.3, -0.25) is 4.79 Å². The Morgan fingerprint density at radius 1 is 1.29 bits per heavy atom. The van der Waals surface area contributed by atoms with Gasteiger partial charge in [-0.1, -0.05) is 27.5 Å². The van der Waals surface area contributed by atoms with Gasteiger partial charge in [0.2, 0.25) is 5.78 Å². The molecular formula is C11H4Br2ClFOS. The number of carbonyl (C=O) groups excluding carboxylic acids is 1. The lowest BCUT2D eigenvalue weighted by Crippen LogP contribution is -2.01. The minimum absolute atomic E-state index is 0.0404. The smallest absolute Gasteiger partial charge is 0.205 e. The third-order valence-corrected chi connectivity index (χ3v) is 5.01. The standard InChI is InChI=1S/C11H4Br2ClFOS/c12-5-1-2-6(8(15)3-5)10(16)9-4-7(13)11(14)17-9/h1-4H. The maximum atomic E-state index is 13.6. The van der Waals surface area contributed by atoms with Crippen molar-refractivity contribution in [2.75, 3.05) is 0 Å². The van der Waals surface area contributed by atoms with Crippen LogP contribution in [0.4, 0.5) is 4.39 Å². The first-order chi connectivity index (χ1) is 7.99. The third kappa shape index (κ3) is 2.78. The zero-order valence-electron chi connectivity index (χ0n) is 8.14. The molecule has 88 valence electrons. The molecule has 0 saturated heterocycles. The number of hydrogen-bond donors (Lipinski definition) is 0. The van der Waals surface area contributed by atoms with E-state index in [2.05, 4.69) is 31.9 Å². The Morgan fingerprint density at radius 2 is 2.00 bits per heavy atom. The topological polar surface area (TPSA) is 17.1 Å². The first-order valence-corrected chi connectivity index (χ1v) is 7.21. The molecule has 0 aliphatic heterocycles. The summed E-state index contributed by atoms with van der Waals surface area (Å²) in [5, 5.41) is 0. The van der Waals surface area contributed by atoms with Gasteiger partial charge in [-0.15, -0.1) is 11.3 Å². The summed E-state index contributed by atoms with van der Waals surface area (Å²) in [6, 6.07) is 5.93. The van der Waals surface area contributed by atoms with Gasteiger partial charge < -0.3 is 0 Å². The van der Waals surface area contributed by atoms with E-state index in [1.54, 1.807) is 12.1 Å². The monoisotopic (exact) mass is 396 g/mol. The molecule has 0 aliphatic carbocycles. The molecular weight excluding hydrogens is 394 g/mol. The minimum atomic E-state index is -0.551. The van der Waals surface area contributed by atoms with Gasteiger partial charge in [-0.05, 0) is 40.2 Å². The van der Waals surface area contributed by atoms with E-state index in [-0.39, 0.29) is 11.3 Å². The zero-order chi connectivity index (χ0) is 12.6. The molecule has 0 atom stereocenters. The second kappa shape index (κ2) is 5.18. The molecule has 1 heterocycles. The van der Waals surface area contributed by atoms with Crippen LogP contribution in [0.3, 0.4) is 0 Å². The lowest BCUT2D eigenvalue weighted by molar-refractivity contribution is 0.103. The molecule has 0 N–H and O–H groups in total. The summed E-state index contributed by atoms with van der Waals surface area (Å²) >= 11 is 13.3. The third-order valence-electron chi connectivity index (χ3n) is 2.04. The molecule has 0 aliphatic rings. The van der Waals surface area contributed by atoms with Crippen molar-refractivity contribution in [3.05, 3.63) is 53.8 Å². The van der Waals surface area contributed by atoms with Crippen LogP contribution in [0.15, 0.2) is 33.2 Å². The summed E-state index contributed by atoms with van der Waals surface area (Å²) in [6.45, 7) is 0. The van der Waals surface area contributed by atoms with E-state index in [4.69, 9.17) is 11.6 Å². The predicted octanol–water partition coefficient (Wildman–Crippen LogP) is 5.30. The van der Waals surface area contributed by atoms with Gasteiger partial charge in [0.25, 0.3) is 0 Å². The largest absolute Gasteiger partial charge is 0.288 e. The highest BCUT2D eigenvalue weighted by Gasteiger charge is 2.17. The van der Waals surface area contributed by atoms with Crippen molar-refractivity contribution in [3.8, 4) is 0 Å². The average molecular weight is 398 g/mol. The summed E-state index contributed by atoms with van der Waals surface area (Å²) in [5.74, 6) is -0.919. The van der Waals surface area contributed by atoms with Gasteiger partial charge in [0.05, 0.1) is 10.4 Å². The van der Waals surface area contributed by atoms with Crippen molar-refractivity contribution < 1.29 is 9.18 Å². The maximum absolute atomic E-state index is 13.6. The number of ketones is 1. The van der Waals surface area contributed by atoms with Crippen molar-refractivity contribution in [1.82, 2.24) is 0 Å². The van der Waals surface area contributed by atoms with E-state index in [9.17, 15) is 9.18 Å². The van der Waals surface area contributed by atoms with E-state index in [1.807, 2.05) is 0 Å². The number of halogens is 4. The van der Waals surface area contributed by atoms with Crippen LogP contribution in [0.5, 0.6) is 0 Å². The maximum Gasteiger partial charge on any atom is 0.205 e. The van der Waals surface area contributed by atoms with Gasteiger partial charge in [0.1, 0.15) is 10.2 Å². The Kier molecular flexibility index (Phi) is 4.02. The van der Waals surface area contributed by atoms with Crippen LogP contribution in [-0.2, 0) is 0 Å². The first kappa shape index (κ1) is 13.2. The zero-order valence-corrected chi connectivity index (χ0v) is 12.9. The van der Waals surface area contributed by atoms with Gasteiger partial charge in [-0.2, -0.15) is 0 Å². The first-order valence-electron chi connectivity index (χ1n) is 4.43. The molecule has 0 spiro atoms. The van der Waals surface area contributed by atoms with E-state index >= 15 is 0 Å². The highest BCUT2D eigenvalue weighted by Crippen LogP contribution is 2.33. The number of benzene rings is 1. The molecule has 2 aromatic rings. The van der Waals surface area contributed by atoms with Crippen molar-refractivity contribution in [1.29, 1.82) is 0 Å². The Labute approximate surface area is 123 Å². The quantitative estimate of drug-likeness (QED) is 0.628. The SMILES string of the molecule is O=C(c1cc(Br)c(Cl)s1)c1ccc(Br)cc1F. The summed E-state index contributed by atoms with van der Waals surface area (Å²) in [5.41, 5.74) is 0.0404. The van der Waals surface area contributed by atoms with Crippen LogP contribution in [0.2, 0.25) is 4.34 Å². The van der Waals surface area contributed by atoms with Gasteiger partial charge in [0.15, 0.2) is 0 Å². The predicted molar refractivity (Wildman–Crippen MR) is 74.6 cm³/mol. The second-order valence-corrected chi connectivity index (χ2v) is 6.61. The minimum Gasteiger partial charge on any atom is -0.288 e. The second-order valence-electron chi connectivity index (χ2n) is 3.19. The molecule has 0 amide bonds. The normalized spacial score (nSPS) is 10.6. The van der Waals surface area contributed by atoms with Crippen LogP contribution < -0.4 is 0 Å². The van der Waals surface area contributed by atoms with Crippen molar-refractivity contribution in [2.45, 2.75) is 0 Å². The van der Waals surface area contributed by atoms with Crippen LogP contribution in [0.25, 0.3) is 0 Å². The lowest BCUT2D eigenvalue weighted by atomic mass is 10.1. The van der Waals surface area contributed by atoms with Crippen LogP contribution in [-0.4, -0.2) is 5.78 Å². The molecule has 0 bridgehead atoms. The summed E-state index contributed by atoms with van der Waals surface area (Å²) in [7, 11) is 0. The molecule has 1 aromatic heterocycles.